The number of ketones is 2. The number of carbonyl (C=O) groups excluding carboxylic acids is 2. The third-order valence-electron chi connectivity index (χ3n) is 9.23. The second-order valence-corrected chi connectivity index (χ2v) is 14.8. The second-order valence-electron chi connectivity index (χ2n) is 14.3. The Labute approximate surface area is 279 Å². The maximum absolute atomic E-state index is 14.3. The van der Waals surface area contributed by atoms with Crippen LogP contribution in [0.4, 0.5) is 0 Å². The Morgan fingerprint density at radius 3 is 2.13 bits per heavy atom. The Kier molecular flexibility index (Phi) is 10.2. The molecule has 0 saturated carbocycles. The van der Waals surface area contributed by atoms with Crippen LogP contribution in [0.1, 0.15) is 89.3 Å². The van der Waals surface area contributed by atoms with Crippen molar-refractivity contribution in [1.29, 1.82) is 0 Å². The maximum atomic E-state index is 14.3. The molecular formula is C39H48ClNO5. The first-order chi connectivity index (χ1) is 21.9. The van der Waals surface area contributed by atoms with E-state index in [1.807, 2.05) is 43.3 Å². The van der Waals surface area contributed by atoms with Crippen molar-refractivity contribution < 1.29 is 23.8 Å². The van der Waals surface area contributed by atoms with Gasteiger partial charge < -0.3 is 19.1 Å². The maximum Gasteiger partial charge on any atom is 0.165 e. The van der Waals surface area contributed by atoms with E-state index in [1.54, 1.807) is 7.11 Å². The van der Waals surface area contributed by atoms with E-state index in [4.69, 9.17) is 25.8 Å². The van der Waals surface area contributed by atoms with Crippen LogP contribution in [0.25, 0.3) is 0 Å². The first-order valence-corrected chi connectivity index (χ1v) is 16.8. The highest BCUT2D eigenvalue weighted by molar-refractivity contribution is 6.31. The van der Waals surface area contributed by atoms with E-state index < -0.39 is 5.92 Å². The van der Waals surface area contributed by atoms with Crippen LogP contribution < -0.4 is 9.47 Å². The summed E-state index contributed by atoms with van der Waals surface area (Å²) in [5, 5.41) is 0.635. The van der Waals surface area contributed by atoms with Crippen LogP contribution in [0, 0.1) is 10.8 Å². The molecule has 0 unspecified atom stereocenters. The zero-order chi connectivity index (χ0) is 33.2. The van der Waals surface area contributed by atoms with Gasteiger partial charge in [0.2, 0.25) is 0 Å². The Morgan fingerprint density at radius 2 is 1.57 bits per heavy atom. The number of Topliss-reactive ketones (excluding diaryl/α,β-unsaturated/α-hetero) is 2. The third kappa shape index (κ3) is 6.99. The molecule has 0 atom stereocenters. The SMILES string of the molecule is C=CCc1cc(C2C3=C(CC(C)(C)CC3=O)N(CCCOC)C3=C2C(=O)CC(C)(C)C3)cc(OCC)c1OCc1ccccc1Cl. The van der Waals surface area contributed by atoms with Crippen molar-refractivity contribution in [3.63, 3.8) is 0 Å². The Morgan fingerprint density at radius 1 is 0.935 bits per heavy atom. The summed E-state index contributed by atoms with van der Waals surface area (Å²) in [7, 11) is 1.71. The molecule has 0 amide bonds. The van der Waals surface area contributed by atoms with Gasteiger partial charge in [-0.15, -0.1) is 6.58 Å². The highest BCUT2D eigenvalue weighted by Gasteiger charge is 2.49. The zero-order valence-electron chi connectivity index (χ0n) is 28.3. The molecule has 2 aliphatic carbocycles. The lowest BCUT2D eigenvalue weighted by atomic mass is 9.63. The van der Waals surface area contributed by atoms with Gasteiger partial charge in [0.15, 0.2) is 23.1 Å². The van der Waals surface area contributed by atoms with E-state index in [0.717, 1.165) is 58.5 Å². The van der Waals surface area contributed by atoms with E-state index in [1.165, 1.54) is 0 Å². The lowest BCUT2D eigenvalue weighted by Gasteiger charge is -2.49. The molecule has 2 aromatic carbocycles. The smallest absolute Gasteiger partial charge is 0.165 e. The normalized spacial score (nSPS) is 19.2. The molecule has 0 aromatic heterocycles. The van der Waals surface area contributed by atoms with Crippen LogP contribution in [0.3, 0.4) is 0 Å². The van der Waals surface area contributed by atoms with Crippen LogP contribution in [0.2, 0.25) is 5.02 Å². The summed E-state index contributed by atoms with van der Waals surface area (Å²) in [6.45, 7) is 16.6. The van der Waals surface area contributed by atoms with Gasteiger partial charge in [-0.25, -0.2) is 0 Å². The molecule has 2 aromatic rings. The van der Waals surface area contributed by atoms with Crippen molar-refractivity contribution in [1.82, 2.24) is 4.90 Å². The zero-order valence-corrected chi connectivity index (χ0v) is 29.0. The standard InChI is InChI=1S/C39H48ClNO5/c1-8-13-25-18-27(19-33(45-9-2)37(25)46-24-26-14-10-11-15-28(26)40)34-35-29(20-38(3,4)22-31(35)42)41(16-12-17-44-7)30-21-39(5,6)23-32(43)36(30)34/h8,10-11,14-15,18-19,34H,1,9,12-13,16-17,20-24H2,2-7H3. The minimum atomic E-state index is -0.476. The molecule has 3 aliphatic rings. The first-order valence-electron chi connectivity index (χ1n) is 16.5. The average molecular weight is 646 g/mol. The third-order valence-corrected chi connectivity index (χ3v) is 9.60. The van der Waals surface area contributed by atoms with Gasteiger partial charge in [0.25, 0.3) is 0 Å². The summed E-state index contributed by atoms with van der Waals surface area (Å²) in [5.41, 5.74) is 5.87. The van der Waals surface area contributed by atoms with Gasteiger partial charge in [0, 0.05) is 77.7 Å². The predicted molar refractivity (Wildman–Crippen MR) is 183 cm³/mol. The molecule has 0 N–H and O–H groups in total. The molecule has 5 rings (SSSR count). The summed E-state index contributed by atoms with van der Waals surface area (Å²) in [6.07, 6.45) is 5.57. The molecule has 0 bridgehead atoms. The predicted octanol–water partition coefficient (Wildman–Crippen LogP) is 8.77. The van der Waals surface area contributed by atoms with Gasteiger partial charge in [0.1, 0.15) is 6.61 Å². The fourth-order valence-corrected chi connectivity index (χ4v) is 7.56. The van der Waals surface area contributed by atoms with Crippen LogP contribution >= 0.6 is 11.6 Å². The summed E-state index contributed by atoms with van der Waals surface area (Å²) in [4.78, 5) is 30.8. The molecule has 7 heteroatoms. The topological polar surface area (TPSA) is 65.1 Å². The number of halogens is 1. The van der Waals surface area contributed by atoms with Crippen LogP contribution in [0.15, 0.2) is 71.6 Å². The minimum absolute atomic E-state index is 0.111. The fourth-order valence-electron chi connectivity index (χ4n) is 7.37. The van der Waals surface area contributed by atoms with Crippen molar-refractivity contribution in [3.05, 3.63) is 93.3 Å². The number of allylic oxidation sites excluding steroid dienone is 5. The first kappa shape index (κ1) is 34.0. The molecule has 1 heterocycles. The minimum Gasteiger partial charge on any atom is -0.490 e. The van der Waals surface area contributed by atoms with E-state index in [2.05, 4.69) is 45.2 Å². The molecule has 6 nitrogen and oxygen atoms in total. The molecule has 0 radical (unpaired) electrons. The van der Waals surface area contributed by atoms with Crippen molar-refractivity contribution in [2.75, 3.05) is 26.9 Å². The number of benzene rings is 2. The molecule has 0 saturated heterocycles. The highest BCUT2D eigenvalue weighted by atomic mass is 35.5. The quantitative estimate of drug-likeness (QED) is 0.170. The summed E-state index contributed by atoms with van der Waals surface area (Å²) >= 11 is 6.46. The van der Waals surface area contributed by atoms with E-state index >= 15 is 0 Å². The molecule has 1 aliphatic heterocycles. The van der Waals surface area contributed by atoms with Gasteiger partial charge in [-0.2, -0.15) is 0 Å². The monoisotopic (exact) mass is 645 g/mol. The highest BCUT2D eigenvalue weighted by Crippen LogP contribution is 2.55. The van der Waals surface area contributed by atoms with Gasteiger partial charge in [-0.1, -0.05) is 69.6 Å². The van der Waals surface area contributed by atoms with E-state index in [-0.39, 0.29) is 29.0 Å². The Balaban J connectivity index is 1.71. The van der Waals surface area contributed by atoms with Crippen molar-refractivity contribution in [2.24, 2.45) is 10.8 Å². The number of ether oxygens (including phenoxy) is 3. The second kappa shape index (κ2) is 13.8. The lowest BCUT2D eigenvalue weighted by molar-refractivity contribution is -0.119. The molecule has 0 fully saturated rings. The van der Waals surface area contributed by atoms with Crippen LogP contribution in [-0.2, 0) is 27.4 Å². The molecule has 46 heavy (non-hydrogen) atoms. The summed E-state index contributed by atoms with van der Waals surface area (Å²) in [6, 6.07) is 11.7. The number of methoxy groups -OCH3 is 1. The summed E-state index contributed by atoms with van der Waals surface area (Å²) in [5.74, 6) is 0.955. The van der Waals surface area contributed by atoms with Gasteiger partial charge in [0.05, 0.1) is 6.61 Å². The van der Waals surface area contributed by atoms with Crippen molar-refractivity contribution in [2.45, 2.75) is 85.7 Å². The van der Waals surface area contributed by atoms with E-state index in [0.29, 0.717) is 55.5 Å². The number of hydrogen-bond acceptors (Lipinski definition) is 6. The van der Waals surface area contributed by atoms with Crippen LogP contribution in [0.5, 0.6) is 11.5 Å². The number of rotatable bonds is 12. The van der Waals surface area contributed by atoms with Gasteiger partial charge >= 0.3 is 0 Å². The van der Waals surface area contributed by atoms with Gasteiger partial charge in [-0.05, 0) is 61.1 Å². The number of hydrogen-bond donors (Lipinski definition) is 0. The van der Waals surface area contributed by atoms with Crippen molar-refractivity contribution >= 4 is 23.2 Å². The summed E-state index contributed by atoms with van der Waals surface area (Å²) < 4.78 is 18.1. The molecule has 0 spiro atoms. The average Bonchev–Trinajstić information content (AvgIpc) is 2.97. The largest absolute Gasteiger partial charge is 0.490 e. The van der Waals surface area contributed by atoms with Crippen molar-refractivity contribution in [3.8, 4) is 11.5 Å². The van der Waals surface area contributed by atoms with E-state index in [9.17, 15) is 9.59 Å². The molecule has 246 valence electrons. The Hall–Kier alpha value is -3.35. The number of nitrogens with zero attached hydrogens (tertiary/aromatic N) is 1. The number of carbonyl (C=O) groups is 2. The van der Waals surface area contributed by atoms with Crippen LogP contribution in [-0.4, -0.2) is 43.3 Å². The van der Waals surface area contributed by atoms with Gasteiger partial charge in [-0.3, -0.25) is 9.59 Å². The Bertz CT molecular complexity index is 1530. The lowest BCUT2D eigenvalue weighted by Crippen LogP contribution is -2.44. The molecular weight excluding hydrogens is 598 g/mol. The fraction of sp³-hybridized carbons (Fsp3) is 0.487.